The second kappa shape index (κ2) is 6.09. The molecule has 0 amide bonds. The van der Waals surface area contributed by atoms with E-state index in [1.807, 2.05) is 0 Å². The van der Waals surface area contributed by atoms with Crippen molar-refractivity contribution in [1.82, 2.24) is 4.98 Å². The van der Waals surface area contributed by atoms with Gasteiger partial charge in [0.05, 0.1) is 18.8 Å². The molecule has 0 radical (unpaired) electrons. The molecule has 0 aliphatic carbocycles. The third-order valence-corrected chi connectivity index (χ3v) is 3.46. The third kappa shape index (κ3) is 2.85. The molecule has 110 valence electrons. The van der Waals surface area contributed by atoms with Crippen LogP contribution in [0.15, 0.2) is 0 Å². The molecule has 0 aromatic carbocycles. The van der Waals surface area contributed by atoms with E-state index < -0.39 is 11.9 Å². The van der Waals surface area contributed by atoms with E-state index in [4.69, 9.17) is 14.2 Å². The van der Waals surface area contributed by atoms with Gasteiger partial charge in [-0.15, -0.1) is 0 Å². The van der Waals surface area contributed by atoms with Crippen LogP contribution in [-0.4, -0.2) is 43.4 Å². The van der Waals surface area contributed by atoms with Crippen molar-refractivity contribution in [2.24, 2.45) is 0 Å². The highest BCUT2D eigenvalue weighted by Crippen LogP contribution is 2.20. The molecule has 1 aromatic heterocycles. The van der Waals surface area contributed by atoms with Crippen molar-refractivity contribution in [3.63, 3.8) is 0 Å². The first-order chi connectivity index (χ1) is 9.54. The lowest BCUT2D eigenvalue weighted by Gasteiger charge is -2.09. The molecule has 6 nitrogen and oxygen atoms in total. The lowest BCUT2D eigenvalue weighted by atomic mass is 10.1. The minimum atomic E-state index is -0.476. The van der Waals surface area contributed by atoms with Crippen LogP contribution >= 0.6 is 0 Å². The SMILES string of the molecule is COC(=O)c1c(C)[nH]c(C(=O)OC[C@H]2CCCO2)c1C. The number of hydrogen-bond donors (Lipinski definition) is 1. The fourth-order valence-corrected chi connectivity index (χ4v) is 2.38. The minimum absolute atomic E-state index is 0.0182. The van der Waals surface area contributed by atoms with Crippen LogP contribution in [0.4, 0.5) is 0 Å². The van der Waals surface area contributed by atoms with Gasteiger partial charge in [-0.3, -0.25) is 0 Å². The molecular formula is C14H19NO5. The van der Waals surface area contributed by atoms with E-state index in [0.29, 0.717) is 22.5 Å². The summed E-state index contributed by atoms with van der Waals surface area (Å²) >= 11 is 0. The number of carbonyl (C=O) groups is 2. The van der Waals surface area contributed by atoms with Crippen LogP contribution in [0.3, 0.4) is 0 Å². The molecule has 6 heteroatoms. The molecule has 0 bridgehead atoms. The Kier molecular flexibility index (Phi) is 4.44. The average Bonchev–Trinajstić information content (AvgIpc) is 3.04. The van der Waals surface area contributed by atoms with Crippen LogP contribution in [0.1, 0.15) is 44.9 Å². The van der Waals surface area contributed by atoms with Gasteiger partial charge in [0, 0.05) is 12.3 Å². The standard InChI is InChI=1S/C14H19NO5/c1-8-11(13(16)18-3)9(2)15-12(8)14(17)20-7-10-5-4-6-19-10/h10,15H,4-7H2,1-3H3/t10-/m1/s1. The van der Waals surface area contributed by atoms with E-state index in [0.717, 1.165) is 19.4 Å². The van der Waals surface area contributed by atoms with Crippen LogP contribution in [0.5, 0.6) is 0 Å². The molecule has 1 aliphatic heterocycles. The quantitative estimate of drug-likeness (QED) is 0.851. The number of aromatic nitrogens is 1. The fourth-order valence-electron chi connectivity index (χ4n) is 2.38. The van der Waals surface area contributed by atoms with Crippen LogP contribution < -0.4 is 0 Å². The van der Waals surface area contributed by atoms with E-state index in [-0.39, 0.29) is 12.7 Å². The zero-order chi connectivity index (χ0) is 14.7. The van der Waals surface area contributed by atoms with Crippen molar-refractivity contribution in [3.8, 4) is 0 Å². The smallest absolute Gasteiger partial charge is 0.355 e. The fraction of sp³-hybridized carbons (Fsp3) is 0.571. The average molecular weight is 281 g/mol. The molecular weight excluding hydrogens is 262 g/mol. The highest BCUT2D eigenvalue weighted by atomic mass is 16.6. The van der Waals surface area contributed by atoms with Crippen LogP contribution in [0.25, 0.3) is 0 Å². The van der Waals surface area contributed by atoms with Crippen molar-refractivity contribution in [2.75, 3.05) is 20.3 Å². The Labute approximate surface area is 117 Å². The van der Waals surface area contributed by atoms with Gasteiger partial charge in [-0.2, -0.15) is 0 Å². The van der Waals surface area contributed by atoms with Gasteiger partial charge < -0.3 is 19.2 Å². The lowest BCUT2D eigenvalue weighted by molar-refractivity contribution is 0.0156. The molecule has 0 saturated carbocycles. The summed E-state index contributed by atoms with van der Waals surface area (Å²) in [5.74, 6) is -0.939. The molecule has 2 rings (SSSR count). The molecule has 1 saturated heterocycles. The second-order valence-corrected chi connectivity index (χ2v) is 4.85. The molecule has 1 aromatic rings. The summed E-state index contributed by atoms with van der Waals surface area (Å²) in [6, 6.07) is 0. The number of ether oxygens (including phenoxy) is 3. The summed E-state index contributed by atoms with van der Waals surface area (Å²) in [5.41, 5.74) is 1.82. The van der Waals surface area contributed by atoms with Crippen molar-refractivity contribution in [2.45, 2.75) is 32.8 Å². The van der Waals surface area contributed by atoms with Crippen LogP contribution in [0, 0.1) is 13.8 Å². The predicted molar refractivity (Wildman–Crippen MR) is 70.9 cm³/mol. The largest absolute Gasteiger partial charge is 0.465 e. The zero-order valence-electron chi connectivity index (χ0n) is 11.9. The third-order valence-electron chi connectivity index (χ3n) is 3.46. The zero-order valence-corrected chi connectivity index (χ0v) is 11.9. The van der Waals surface area contributed by atoms with Crippen molar-refractivity contribution < 1.29 is 23.8 Å². The number of aromatic amines is 1. The second-order valence-electron chi connectivity index (χ2n) is 4.85. The number of esters is 2. The molecule has 1 aliphatic rings. The van der Waals surface area contributed by atoms with Crippen molar-refractivity contribution in [3.05, 3.63) is 22.5 Å². The summed E-state index contributed by atoms with van der Waals surface area (Å²) in [7, 11) is 1.31. The van der Waals surface area contributed by atoms with E-state index in [1.54, 1.807) is 13.8 Å². The van der Waals surface area contributed by atoms with Crippen molar-refractivity contribution in [1.29, 1.82) is 0 Å². The van der Waals surface area contributed by atoms with E-state index in [1.165, 1.54) is 7.11 Å². The van der Waals surface area contributed by atoms with Gasteiger partial charge in [0.2, 0.25) is 0 Å². The molecule has 2 heterocycles. The van der Waals surface area contributed by atoms with Gasteiger partial charge in [0.25, 0.3) is 0 Å². The lowest BCUT2D eigenvalue weighted by Crippen LogP contribution is -2.18. The van der Waals surface area contributed by atoms with Gasteiger partial charge in [0.1, 0.15) is 12.3 Å². The first-order valence-corrected chi connectivity index (χ1v) is 6.60. The summed E-state index contributed by atoms with van der Waals surface area (Å²) in [4.78, 5) is 26.6. The summed E-state index contributed by atoms with van der Waals surface area (Å²) in [6.07, 6.45) is 1.88. The van der Waals surface area contributed by atoms with Crippen LogP contribution in [-0.2, 0) is 14.2 Å². The molecule has 1 atom stereocenters. The molecule has 0 unspecified atom stereocenters. The first kappa shape index (κ1) is 14.6. The van der Waals surface area contributed by atoms with E-state index >= 15 is 0 Å². The number of aryl methyl sites for hydroxylation is 1. The number of rotatable bonds is 4. The van der Waals surface area contributed by atoms with Gasteiger partial charge in [0.15, 0.2) is 0 Å². The van der Waals surface area contributed by atoms with Crippen molar-refractivity contribution >= 4 is 11.9 Å². The minimum Gasteiger partial charge on any atom is -0.465 e. The van der Waals surface area contributed by atoms with E-state index in [2.05, 4.69) is 4.98 Å². The molecule has 20 heavy (non-hydrogen) atoms. The molecule has 0 spiro atoms. The number of hydrogen-bond acceptors (Lipinski definition) is 5. The number of H-pyrrole nitrogens is 1. The Balaban J connectivity index is 2.08. The van der Waals surface area contributed by atoms with Gasteiger partial charge in [-0.05, 0) is 32.3 Å². The molecule has 1 N–H and O–H groups in total. The van der Waals surface area contributed by atoms with Gasteiger partial charge >= 0.3 is 11.9 Å². The maximum Gasteiger partial charge on any atom is 0.355 e. The maximum absolute atomic E-state index is 12.0. The Bertz CT molecular complexity index is 514. The first-order valence-electron chi connectivity index (χ1n) is 6.60. The Hall–Kier alpha value is -1.82. The maximum atomic E-state index is 12.0. The Morgan fingerprint density at radius 1 is 1.35 bits per heavy atom. The molecule has 1 fully saturated rings. The summed E-state index contributed by atoms with van der Waals surface area (Å²) < 4.78 is 15.3. The Morgan fingerprint density at radius 3 is 2.70 bits per heavy atom. The predicted octanol–water partition coefficient (Wildman–Crippen LogP) is 1.75. The Morgan fingerprint density at radius 2 is 2.10 bits per heavy atom. The normalized spacial score (nSPS) is 18.1. The van der Waals surface area contributed by atoms with Crippen LogP contribution in [0.2, 0.25) is 0 Å². The number of carbonyl (C=O) groups excluding carboxylic acids is 2. The monoisotopic (exact) mass is 281 g/mol. The summed E-state index contributed by atoms with van der Waals surface area (Å²) in [6.45, 7) is 4.37. The highest BCUT2D eigenvalue weighted by Gasteiger charge is 2.24. The van der Waals surface area contributed by atoms with Gasteiger partial charge in [-0.1, -0.05) is 0 Å². The topological polar surface area (TPSA) is 77.6 Å². The number of methoxy groups -OCH3 is 1. The highest BCUT2D eigenvalue weighted by molar-refractivity contribution is 5.98. The van der Waals surface area contributed by atoms with E-state index in [9.17, 15) is 9.59 Å². The van der Waals surface area contributed by atoms with Gasteiger partial charge in [-0.25, -0.2) is 9.59 Å². The summed E-state index contributed by atoms with van der Waals surface area (Å²) in [5, 5.41) is 0. The number of nitrogens with one attached hydrogen (secondary N) is 1.